The molecule has 0 bridgehead atoms. The Balaban J connectivity index is 1.74. The van der Waals surface area contributed by atoms with Crippen molar-refractivity contribution in [1.29, 1.82) is 0 Å². The Morgan fingerprint density at radius 3 is 2.55 bits per heavy atom. The normalized spacial score (nSPS) is 15.0. The monoisotopic (exact) mass is 428 g/mol. The Labute approximate surface area is 181 Å². The van der Waals surface area contributed by atoms with Gasteiger partial charge in [0, 0.05) is 17.8 Å². The molecular formula is C25H20N2O3S. The van der Waals surface area contributed by atoms with Gasteiger partial charge in [0.1, 0.15) is 6.61 Å². The summed E-state index contributed by atoms with van der Waals surface area (Å²) in [4.78, 5) is 4.37. The molecule has 4 aromatic rings. The Hall–Kier alpha value is -3.64. The highest BCUT2D eigenvalue weighted by Gasteiger charge is 2.34. The van der Waals surface area contributed by atoms with Crippen LogP contribution in [0.3, 0.4) is 0 Å². The van der Waals surface area contributed by atoms with Gasteiger partial charge in [-0.3, -0.25) is 4.98 Å². The average molecular weight is 429 g/mol. The fourth-order valence-corrected chi connectivity index (χ4v) is 5.26. The first kappa shape index (κ1) is 19.3. The molecule has 5 nitrogen and oxygen atoms in total. The highest BCUT2D eigenvalue weighted by Crippen LogP contribution is 2.44. The summed E-state index contributed by atoms with van der Waals surface area (Å²) in [5.74, 6) is 0.567. The van der Waals surface area contributed by atoms with E-state index in [-0.39, 0.29) is 11.5 Å². The number of aryl methyl sites for hydroxylation is 1. The number of pyridine rings is 1. The van der Waals surface area contributed by atoms with Gasteiger partial charge in [0.15, 0.2) is 5.75 Å². The summed E-state index contributed by atoms with van der Waals surface area (Å²) >= 11 is 0. The molecule has 0 N–H and O–H groups in total. The van der Waals surface area contributed by atoms with Gasteiger partial charge in [-0.2, -0.15) is 0 Å². The molecule has 3 aromatic carbocycles. The maximum Gasteiger partial charge on any atom is 0.268 e. The lowest BCUT2D eigenvalue weighted by Crippen LogP contribution is -2.36. The van der Waals surface area contributed by atoms with Gasteiger partial charge in [-0.1, -0.05) is 54.1 Å². The number of hydrogen-bond donors (Lipinski definition) is 0. The van der Waals surface area contributed by atoms with Gasteiger partial charge >= 0.3 is 0 Å². The van der Waals surface area contributed by atoms with Crippen molar-refractivity contribution < 1.29 is 13.2 Å². The van der Waals surface area contributed by atoms with E-state index in [0.29, 0.717) is 17.1 Å². The van der Waals surface area contributed by atoms with E-state index in [1.165, 1.54) is 4.31 Å². The van der Waals surface area contributed by atoms with Crippen LogP contribution in [-0.2, 0) is 10.0 Å². The molecule has 0 fully saturated rings. The molecule has 0 radical (unpaired) electrons. The molecule has 0 atom stereocenters. The van der Waals surface area contributed by atoms with E-state index in [4.69, 9.17) is 4.74 Å². The van der Waals surface area contributed by atoms with Gasteiger partial charge in [-0.05, 0) is 48.2 Å². The quantitative estimate of drug-likeness (QED) is 0.452. The molecule has 0 spiro atoms. The van der Waals surface area contributed by atoms with E-state index >= 15 is 0 Å². The van der Waals surface area contributed by atoms with Crippen molar-refractivity contribution in [3.63, 3.8) is 0 Å². The van der Waals surface area contributed by atoms with E-state index < -0.39 is 10.0 Å². The maximum absolute atomic E-state index is 13.8. The predicted molar refractivity (Wildman–Crippen MR) is 123 cm³/mol. The van der Waals surface area contributed by atoms with Crippen LogP contribution in [0.1, 0.15) is 11.1 Å². The second-order valence-electron chi connectivity index (χ2n) is 7.43. The van der Waals surface area contributed by atoms with Gasteiger partial charge < -0.3 is 4.74 Å². The van der Waals surface area contributed by atoms with Crippen LogP contribution < -0.4 is 9.04 Å². The fourth-order valence-electron chi connectivity index (χ4n) is 3.76. The van der Waals surface area contributed by atoms with E-state index in [2.05, 4.69) is 4.98 Å². The average Bonchev–Trinajstić information content (AvgIpc) is 2.79. The number of ether oxygens (including phenoxy) is 1. The summed E-state index contributed by atoms with van der Waals surface area (Å²) in [5.41, 5.74) is 2.82. The van der Waals surface area contributed by atoms with Gasteiger partial charge in [0.05, 0.1) is 16.3 Å². The van der Waals surface area contributed by atoms with Crippen molar-refractivity contribution in [3.8, 4) is 5.75 Å². The summed E-state index contributed by atoms with van der Waals surface area (Å²) in [6.07, 6.45) is 5.18. The molecule has 31 heavy (non-hydrogen) atoms. The molecule has 6 heteroatoms. The second kappa shape index (κ2) is 7.56. The Bertz CT molecular complexity index is 1400. The van der Waals surface area contributed by atoms with Crippen molar-refractivity contribution in [2.45, 2.75) is 11.8 Å². The van der Waals surface area contributed by atoms with Crippen molar-refractivity contribution >= 4 is 32.6 Å². The van der Waals surface area contributed by atoms with Crippen LogP contribution in [0, 0.1) is 6.92 Å². The molecule has 1 aliphatic heterocycles. The molecule has 1 aromatic heterocycles. The molecule has 0 aliphatic carbocycles. The molecule has 154 valence electrons. The third-order valence-corrected chi connectivity index (χ3v) is 7.06. The zero-order chi connectivity index (χ0) is 21.4. The van der Waals surface area contributed by atoms with Gasteiger partial charge in [0.25, 0.3) is 10.0 Å². The van der Waals surface area contributed by atoms with E-state index in [0.717, 1.165) is 21.9 Å². The molecule has 2 heterocycles. The van der Waals surface area contributed by atoms with Gasteiger partial charge in [0.2, 0.25) is 0 Å². The summed E-state index contributed by atoms with van der Waals surface area (Å²) in [5, 5.41) is 1.87. The van der Waals surface area contributed by atoms with Crippen LogP contribution in [0.4, 0.5) is 5.69 Å². The lowest BCUT2D eigenvalue weighted by atomic mass is 10.1. The Morgan fingerprint density at radius 1 is 0.968 bits per heavy atom. The van der Waals surface area contributed by atoms with E-state index in [9.17, 15) is 8.42 Å². The van der Waals surface area contributed by atoms with Crippen molar-refractivity contribution in [1.82, 2.24) is 4.98 Å². The van der Waals surface area contributed by atoms with E-state index in [1.54, 1.807) is 48.8 Å². The highest BCUT2D eigenvalue weighted by molar-refractivity contribution is 7.93. The first-order valence-electron chi connectivity index (χ1n) is 9.91. The number of nitrogens with zero attached hydrogens (tertiary/aromatic N) is 2. The largest absolute Gasteiger partial charge is 0.484 e. The summed E-state index contributed by atoms with van der Waals surface area (Å²) in [7, 11) is -3.87. The van der Waals surface area contributed by atoms with Gasteiger partial charge in [-0.25, -0.2) is 12.7 Å². The van der Waals surface area contributed by atoms with E-state index in [1.807, 2.05) is 49.4 Å². The van der Waals surface area contributed by atoms with Gasteiger partial charge in [-0.15, -0.1) is 0 Å². The Morgan fingerprint density at radius 2 is 1.77 bits per heavy atom. The lowest BCUT2D eigenvalue weighted by molar-refractivity contribution is 0.346. The minimum Gasteiger partial charge on any atom is -0.484 e. The topological polar surface area (TPSA) is 59.5 Å². The number of aromatic nitrogens is 1. The highest BCUT2D eigenvalue weighted by atomic mass is 32.2. The summed E-state index contributed by atoms with van der Waals surface area (Å²) in [6.45, 7) is 2.06. The number of hydrogen-bond acceptors (Lipinski definition) is 4. The molecule has 0 saturated carbocycles. The first-order valence-corrected chi connectivity index (χ1v) is 11.4. The minimum atomic E-state index is -3.87. The zero-order valence-electron chi connectivity index (χ0n) is 16.9. The Kier molecular flexibility index (Phi) is 4.71. The third kappa shape index (κ3) is 3.45. The number of fused-ring (bicyclic) bond motifs is 3. The summed E-state index contributed by atoms with van der Waals surface area (Å²) in [6, 6.07) is 22.1. The number of rotatable bonds is 3. The smallest absolute Gasteiger partial charge is 0.268 e. The minimum absolute atomic E-state index is 0.126. The SMILES string of the molecule is Cc1ccc(S(=O)(=O)N2/C(=C/c3cccnc3)COc3c2ccc2ccccc32)cc1. The van der Waals surface area contributed by atoms with Crippen molar-refractivity contribution in [2.24, 2.45) is 0 Å². The van der Waals surface area contributed by atoms with Crippen molar-refractivity contribution in [2.75, 3.05) is 10.9 Å². The number of anilines is 1. The van der Waals surface area contributed by atoms with Crippen LogP contribution in [0.5, 0.6) is 5.75 Å². The van der Waals surface area contributed by atoms with Crippen molar-refractivity contribution in [3.05, 3.63) is 102 Å². The molecule has 0 unspecified atom stereocenters. The van der Waals surface area contributed by atoms with Crippen LogP contribution in [0.25, 0.3) is 16.8 Å². The van der Waals surface area contributed by atoms with Crippen LogP contribution >= 0.6 is 0 Å². The molecule has 5 rings (SSSR count). The summed E-state index contributed by atoms with van der Waals surface area (Å²) < 4.78 is 35.1. The molecular weight excluding hydrogens is 408 g/mol. The number of sulfonamides is 1. The first-order chi connectivity index (χ1) is 15.0. The standard InChI is InChI=1S/C25H20N2O3S/c1-18-8-11-22(12-9-18)31(28,29)27-21(15-19-5-4-14-26-16-19)17-30-25-23-7-3-2-6-20(23)10-13-24(25)27/h2-16H,17H2,1H3/b21-15+. The third-order valence-electron chi connectivity index (χ3n) is 5.28. The molecule has 1 aliphatic rings. The maximum atomic E-state index is 13.8. The molecule has 0 amide bonds. The second-order valence-corrected chi connectivity index (χ2v) is 9.21. The molecule has 0 saturated heterocycles. The predicted octanol–water partition coefficient (Wildman–Crippen LogP) is 5.17. The fraction of sp³-hybridized carbons (Fsp3) is 0.0800. The van der Waals surface area contributed by atoms with Crippen LogP contribution in [0.2, 0.25) is 0 Å². The van der Waals surface area contributed by atoms with Crippen LogP contribution in [0.15, 0.2) is 95.8 Å². The number of benzene rings is 3. The van der Waals surface area contributed by atoms with Crippen LogP contribution in [-0.4, -0.2) is 20.0 Å². The lowest BCUT2D eigenvalue weighted by Gasteiger charge is -2.33. The zero-order valence-corrected chi connectivity index (χ0v) is 17.7.